The summed E-state index contributed by atoms with van der Waals surface area (Å²) in [5.41, 5.74) is 2.11. The van der Waals surface area contributed by atoms with Crippen molar-refractivity contribution in [3.63, 3.8) is 0 Å². The second-order valence-electron chi connectivity index (χ2n) is 7.49. The standard InChI is InChI=1S/C23H27N3O3S/c1-18-6-5-9-20-22(18)24-23(30-20)26(12-11-25-13-16-28-17-14-25)21(27)10-15-29-19-7-3-2-4-8-19/h2-9H,10-17H2,1H3/p+1. The highest BCUT2D eigenvalue weighted by molar-refractivity contribution is 7.22. The minimum atomic E-state index is 0.0512. The van der Waals surface area contributed by atoms with Crippen LogP contribution < -0.4 is 14.5 Å². The van der Waals surface area contributed by atoms with Gasteiger partial charge >= 0.3 is 0 Å². The smallest absolute Gasteiger partial charge is 0.232 e. The number of nitrogens with one attached hydrogen (secondary N) is 1. The largest absolute Gasteiger partial charge is 0.493 e. The first-order chi connectivity index (χ1) is 14.7. The number of fused-ring (bicyclic) bond motifs is 1. The Morgan fingerprint density at radius 3 is 2.73 bits per heavy atom. The number of quaternary nitrogens is 1. The lowest BCUT2D eigenvalue weighted by Gasteiger charge is -2.27. The van der Waals surface area contributed by atoms with Gasteiger partial charge in [0.15, 0.2) is 5.13 Å². The summed E-state index contributed by atoms with van der Waals surface area (Å²) in [4.78, 5) is 21.3. The molecule has 2 heterocycles. The summed E-state index contributed by atoms with van der Waals surface area (Å²) in [6, 6.07) is 15.8. The quantitative estimate of drug-likeness (QED) is 0.601. The van der Waals surface area contributed by atoms with Crippen molar-refractivity contribution in [2.75, 3.05) is 50.9 Å². The number of aryl methyl sites for hydroxylation is 1. The van der Waals surface area contributed by atoms with Gasteiger partial charge in [-0.1, -0.05) is 41.7 Å². The Bertz CT molecular complexity index is 970. The molecule has 1 aromatic heterocycles. The minimum Gasteiger partial charge on any atom is -0.493 e. The molecule has 30 heavy (non-hydrogen) atoms. The summed E-state index contributed by atoms with van der Waals surface area (Å²) in [5, 5.41) is 0.775. The monoisotopic (exact) mass is 426 g/mol. The van der Waals surface area contributed by atoms with Gasteiger partial charge in [0.2, 0.25) is 5.91 Å². The Hall–Kier alpha value is -2.48. The number of nitrogens with zero attached hydrogens (tertiary/aromatic N) is 2. The Morgan fingerprint density at radius 1 is 1.17 bits per heavy atom. The van der Waals surface area contributed by atoms with E-state index in [0.717, 1.165) is 59.5 Å². The number of para-hydroxylation sites is 2. The number of rotatable bonds is 8. The van der Waals surface area contributed by atoms with E-state index >= 15 is 0 Å². The molecular weight excluding hydrogens is 398 g/mol. The number of hydrogen-bond donors (Lipinski definition) is 1. The molecule has 1 aliphatic rings. The molecule has 1 N–H and O–H groups in total. The lowest BCUT2D eigenvalue weighted by Crippen LogP contribution is -3.14. The van der Waals surface area contributed by atoms with Crippen LogP contribution in [0.4, 0.5) is 5.13 Å². The molecule has 6 nitrogen and oxygen atoms in total. The van der Waals surface area contributed by atoms with Gasteiger partial charge in [0.05, 0.1) is 49.5 Å². The highest BCUT2D eigenvalue weighted by Crippen LogP contribution is 2.30. The van der Waals surface area contributed by atoms with Gasteiger partial charge < -0.3 is 14.4 Å². The van der Waals surface area contributed by atoms with E-state index in [1.54, 1.807) is 11.3 Å². The second kappa shape index (κ2) is 10.0. The van der Waals surface area contributed by atoms with Crippen LogP contribution in [0, 0.1) is 6.92 Å². The van der Waals surface area contributed by atoms with Crippen molar-refractivity contribution in [1.82, 2.24) is 4.98 Å². The van der Waals surface area contributed by atoms with Gasteiger partial charge in [-0.3, -0.25) is 9.69 Å². The van der Waals surface area contributed by atoms with Crippen LogP contribution in [0.15, 0.2) is 48.5 Å². The van der Waals surface area contributed by atoms with E-state index in [1.807, 2.05) is 41.3 Å². The van der Waals surface area contributed by atoms with Crippen LogP contribution in [0.2, 0.25) is 0 Å². The van der Waals surface area contributed by atoms with Gasteiger partial charge in [-0.2, -0.15) is 0 Å². The van der Waals surface area contributed by atoms with Crippen molar-refractivity contribution in [3.8, 4) is 5.75 Å². The first-order valence-electron chi connectivity index (χ1n) is 10.5. The molecule has 1 fully saturated rings. The van der Waals surface area contributed by atoms with Crippen LogP contribution in [0.1, 0.15) is 12.0 Å². The van der Waals surface area contributed by atoms with Crippen molar-refractivity contribution in [2.24, 2.45) is 0 Å². The average molecular weight is 427 g/mol. The van der Waals surface area contributed by atoms with Crippen LogP contribution in [0.25, 0.3) is 10.2 Å². The van der Waals surface area contributed by atoms with E-state index in [1.165, 1.54) is 4.90 Å². The second-order valence-corrected chi connectivity index (χ2v) is 8.50. The molecular formula is C23H28N3O3S+. The van der Waals surface area contributed by atoms with Crippen molar-refractivity contribution in [2.45, 2.75) is 13.3 Å². The number of anilines is 1. The normalized spacial score (nSPS) is 14.7. The summed E-state index contributed by atoms with van der Waals surface area (Å²) < 4.78 is 12.3. The Kier molecular flexibility index (Phi) is 6.94. The van der Waals surface area contributed by atoms with Gasteiger partial charge in [-0.15, -0.1) is 0 Å². The van der Waals surface area contributed by atoms with Crippen molar-refractivity contribution in [3.05, 3.63) is 54.1 Å². The predicted octanol–water partition coefficient (Wildman–Crippen LogP) is 2.32. The maximum atomic E-state index is 13.1. The third-order valence-corrected chi connectivity index (χ3v) is 6.40. The molecule has 7 heteroatoms. The van der Waals surface area contributed by atoms with E-state index in [9.17, 15) is 4.79 Å². The van der Waals surface area contributed by atoms with Crippen molar-refractivity contribution >= 4 is 32.6 Å². The van der Waals surface area contributed by atoms with Crippen LogP contribution in [0.3, 0.4) is 0 Å². The fourth-order valence-corrected chi connectivity index (χ4v) is 4.69. The summed E-state index contributed by atoms with van der Waals surface area (Å²) in [7, 11) is 0. The van der Waals surface area contributed by atoms with Crippen LogP contribution in [-0.4, -0.2) is 56.9 Å². The molecule has 0 unspecified atom stereocenters. The molecule has 1 amide bonds. The molecule has 1 saturated heterocycles. The van der Waals surface area contributed by atoms with Gasteiger partial charge in [0.25, 0.3) is 0 Å². The SMILES string of the molecule is Cc1cccc2sc(N(CC[NH+]3CCOCC3)C(=O)CCOc3ccccc3)nc12. The average Bonchev–Trinajstić information content (AvgIpc) is 3.21. The third-order valence-electron chi connectivity index (χ3n) is 5.36. The summed E-state index contributed by atoms with van der Waals surface area (Å²) in [6.07, 6.45) is 0.322. The molecule has 0 atom stereocenters. The summed E-state index contributed by atoms with van der Waals surface area (Å²) in [5.74, 6) is 0.834. The highest BCUT2D eigenvalue weighted by atomic mass is 32.1. The van der Waals surface area contributed by atoms with Crippen molar-refractivity contribution in [1.29, 1.82) is 0 Å². The lowest BCUT2D eigenvalue weighted by atomic mass is 10.2. The van der Waals surface area contributed by atoms with Crippen LogP contribution in [-0.2, 0) is 9.53 Å². The van der Waals surface area contributed by atoms with Gasteiger partial charge in [0.1, 0.15) is 18.8 Å². The van der Waals surface area contributed by atoms with Crippen LogP contribution in [0.5, 0.6) is 5.75 Å². The zero-order valence-electron chi connectivity index (χ0n) is 17.3. The zero-order chi connectivity index (χ0) is 20.8. The predicted molar refractivity (Wildman–Crippen MR) is 120 cm³/mol. The third kappa shape index (κ3) is 5.16. The zero-order valence-corrected chi connectivity index (χ0v) is 18.1. The molecule has 0 saturated carbocycles. The molecule has 158 valence electrons. The molecule has 0 bridgehead atoms. The summed E-state index contributed by atoms with van der Waals surface area (Å²) in [6.45, 7) is 7.50. The Labute approximate surface area is 181 Å². The van der Waals surface area contributed by atoms with E-state index in [2.05, 4.69) is 19.1 Å². The van der Waals surface area contributed by atoms with E-state index in [4.69, 9.17) is 14.5 Å². The van der Waals surface area contributed by atoms with E-state index in [-0.39, 0.29) is 5.91 Å². The van der Waals surface area contributed by atoms with E-state index < -0.39 is 0 Å². The number of morpholine rings is 1. The first-order valence-corrected chi connectivity index (χ1v) is 11.3. The number of hydrogen-bond acceptors (Lipinski definition) is 5. The number of carbonyl (C=O) groups excluding carboxylic acids is 1. The lowest BCUT2D eigenvalue weighted by molar-refractivity contribution is -0.906. The maximum absolute atomic E-state index is 13.1. The maximum Gasteiger partial charge on any atom is 0.232 e. The number of benzene rings is 2. The molecule has 2 aromatic carbocycles. The van der Waals surface area contributed by atoms with Crippen LogP contribution >= 0.6 is 11.3 Å². The molecule has 3 aromatic rings. The topological polar surface area (TPSA) is 56.1 Å². The first kappa shape index (κ1) is 20.8. The molecule has 1 aliphatic heterocycles. The Morgan fingerprint density at radius 2 is 1.97 bits per heavy atom. The number of thiazole rings is 1. The van der Waals surface area contributed by atoms with Gasteiger partial charge in [-0.05, 0) is 30.7 Å². The Balaban J connectivity index is 1.46. The molecule has 4 rings (SSSR count). The number of amides is 1. The van der Waals surface area contributed by atoms with Crippen molar-refractivity contribution < 1.29 is 19.2 Å². The highest BCUT2D eigenvalue weighted by Gasteiger charge is 2.23. The number of aromatic nitrogens is 1. The van der Waals surface area contributed by atoms with Gasteiger partial charge in [0, 0.05) is 0 Å². The fraction of sp³-hybridized carbons (Fsp3) is 0.391. The summed E-state index contributed by atoms with van der Waals surface area (Å²) >= 11 is 1.58. The minimum absolute atomic E-state index is 0.0512. The van der Waals surface area contributed by atoms with Gasteiger partial charge in [-0.25, -0.2) is 4.98 Å². The molecule has 0 aliphatic carbocycles. The number of ether oxygens (including phenoxy) is 2. The molecule has 0 radical (unpaired) electrons. The number of carbonyl (C=O) groups is 1. The van der Waals surface area contributed by atoms with E-state index in [0.29, 0.717) is 19.6 Å². The molecule has 0 spiro atoms. The fourth-order valence-electron chi connectivity index (χ4n) is 3.60.